The molecule has 1 aromatic rings. The van der Waals surface area contributed by atoms with E-state index in [2.05, 4.69) is 4.36 Å². The van der Waals surface area contributed by atoms with Gasteiger partial charge >= 0.3 is 10.5 Å². The summed E-state index contributed by atoms with van der Waals surface area (Å²) in [6, 6.07) is 5.62. The molecule has 0 spiro atoms. The van der Waals surface area contributed by atoms with Crippen molar-refractivity contribution in [3.05, 3.63) is 23.8 Å². The van der Waals surface area contributed by atoms with E-state index in [0.29, 0.717) is 6.54 Å². The maximum absolute atomic E-state index is 10.8. The average Bonchev–Trinajstić information content (AvgIpc) is 2.21. The van der Waals surface area contributed by atoms with Crippen LogP contribution in [0.15, 0.2) is 22.6 Å². The van der Waals surface area contributed by atoms with Gasteiger partial charge in [0.25, 0.3) is 0 Å². The zero-order valence-corrected chi connectivity index (χ0v) is 12.0. The van der Waals surface area contributed by atoms with Gasteiger partial charge in [0.05, 0.1) is 0 Å². The van der Waals surface area contributed by atoms with E-state index < -0.39 is 16.2 Å². The van der Waals surface area contributed by atoms with Crippen LogP contribution >= 0.6 is 0 Å². The molecule has 0 radical (unpaired) electrons. The molecule has 0 aliphatic heterocycles. The van der Waals surface area contributed by atoms with Crippen molar-refractivity contribution < 1.29 is 8.42 Å². The van der Waals surface area contributed by atoms with Gasteiger partial charge in [-0.15, -0.1) is 4.36 Å². The second-order valence-electron chi connectivity index (χ2n) is 4.59. The lowest BCUT2D eigenvalue weighted by atomic mass is 10.1. The summed E-state index contributed by atoms with van der Waals surface area (Å²) in [5.74, 6) is 0. The molecule has 0 unspecified atom stereocenters. The largest absolute Gasteiger partial charge is 0.399 e. The van der Waals surface area contributed by atoms with E-state index in [0.717, 1.165) is 16.9 Å². The number of aryl methyl sites for hydroxylation is 1. The lowest BCUT2D eigenvalue weighted by Gasteiger charge is -2.35. The third-order valence-corrected chi connectivity index (χ3v) is 3.44. The van der Waals surface area contributed by atoms with Crippen LogP contribution in [0.1, 0.15) is 26.3 Å². The van der Waals surface area contributed by atoms with Crippen LogP contribution in [0.25, 0.3) is 0 Å². The van der Waals surface area contributed by atoms with Crippen LogP contribution in [0.4, 0.5) is 11.4 Å². The number of hydrogen-bond acceptors (Lipinski definition) is 5. The van der Waals surface area contributed by atoms with Crippen LogP contribution in [0, 0.1) is 6.92 Å². The first-order valence-electron chi connectivity index (χ1n) is 5.74. The Labute approximate surface area is 109 Å². The van der Waals surface area contributed by atoms with E-state index >= 15 is 0 Å². The van der Waals surface area contributed by atoms with Crippen molar-refractivity contribution in [1.29, 1.82) is 0 Å². The fraction of sp³-hybridized carbons (Fsp3) is 0.500. The van der Waals surface area contributed by atoms with E-state index in [-0.39, 0.29) is 0 Å². The first-order valence-corrected chi connectivity index (χ1v) is 6.77. The van der Waals surface area contributed by atoms with Crippen molar-refractivity contribution in [3.63, 3.8) is 0 Å². The van der Waals surface area contributed by atoms with Gasteiger partial charge in [0.15, 0.2) is 0 Å². The molecule has 0 saturated carbocycles. The molecule has 0 amide bonds. The molecule has 1 aromatic carbocycles. The van der Waals surface area contributed by atoms with Gasteiger partial charge in [0.2, 0.25) is 0 Å². The van der Waals surface area contributed by atoms with E-state index in [1.807, 2.05) is 36.9 Å². The highest BCUT2D eigenvalue weighted by Gasteiger charge is 2.26. The van der Waals surface area contributed by atoms with Gasteiger partial charge in [-0.2, -0.15) is 8.42 Å². The van der Waals surface area contributed by atoms with Gasteiger partial charge in [-0.3, -0.25) is 0 Å². The molecule has 2 N–H and O–H groups in total. The second-order valence-corrected chi connectivity index (χ2v) is 5.20. The highest BCUT2D eigenvalue weighted by molar-refractivity contribution is 7.61. The molecule has 0 saturated heterocycles. The normalized spacial score (nSPS) is 11.1. The predicted molar refractivity (Wildman–Crippen MR) is 74.0 cm³/mol. The van der Waals surface area contributed by atoms with Crippen molar-refractivity contribution in [2.75, 3.05) is 17.2 Å². The van der Waals surface area contributed by atoms with Crippen molar-refractivity contribution >= 4 is 21.9 Å². The van der Waals surface area contributed by atoms with Gasteiger partial charge in [0, 0.05) is 17.9 Å². The summed E-state index contributed by atoms with van der Waals surface area (Å²) >= 11 is 0. The number of anilines is 2. The standard InChI is InChI=1S/C12H19N3O2S/c1-5-15(12(3,4)14-18(16)17)10-6-7-11(13)9(2)8-10/h6-8H,5,13H2,1-4H3. The molecular weight excluding hydrogens is 250 g/mol. The molecule has 1 rings (SSSR count). The first kappa shape index (κ1) is 14.5. The van der Waals surface area contributed by atoms with Crippen LogP contribution < -0.4 is 10.6 Å². The van der Waals surface area contributed by atoms with E-state index in [1.54, 1.807) is 13.8 Å². The monoisotopic (exact) mass is 269 g/mol. The summed E-state index contributed by atoms with van der Waals surface area (Å²) in [5, 5.41) is 0. The summed E-state index contributed by atoms with van der Waals surface area (Å²) in [6.45, 7) is 8.05. The Hall–Kier alpha value is -1.56. The van der Waals surface area contributed by atoms with Gasteiger partial charge in [0.1, 0.15) is 5.66 Å². The Morgan fingerprint density at radius 3 is 2.44 bits per heavy atom. The fourth-order valence-corrected chi connectivity index (χ4v) is 2.41. The number of nitrogens with zero attached hydrogens (tertiary/aromatic N) is 2. The number of nitrogen functional groups attached to an aromatic ring is 1. The van der Waals surface area contributed by atoms with Crippen LogP contribution in [0.2, 0.25) is 0 Å². The Kier molecular flexibility index (Phi) is 4.34. The molecule has 0 aliphatic carbocycles. The lowest BCUT2D eigenvalue weighted by molar-refractivity contribution is 0.489. The number of benzene rings is 1. The van der Waals surface area contributed by atoms with E-state index in [4.69, 9.17) is 5.73 Å². The molecule has 0 bridgehead atoms. The summed E-state index contributed by atoms with van der Waals surface area (Å²) in [6.07, 6.45) is 0. The Morgan fingerprint density at radius 1 is 1.39 bits per heavy atom. The predicted octanol–water partition coefficient (Wildman–Crippen LogP) is 2.20. The summed E-state index contributed by atoms with van der Waals surface area (Å²) < 4.78 is 25.3. The van der Waals surface area contributed by atoms with Crippen molar-refractivity contribution in [3.8, 4) is 0 Å². The van der Waals surface area contributed by atoms with Gasteiger partial charge in [-0.1, -0.05) is 0 Å². The van der Waals surface area contributed by atoms with Gasteiger partial charge in [-0.25, -0.2) is 0 Å². The molecule has 6 heteroatoms. The molecule has 18 heavy (non-hydrogen) atoms. The quantitative estimate of drug-likeness (QED) is 0.850. The average molecular weight is 269 g/mol. The minimum atomic E-state index is -2.43. The highest BCUT2D eigenvalue weighted by Crippen LogP contribution is 2.27. The molecular formula is C12H19N3O2S. The molecule has 0 fully saturated rings. The molecule has 0 heterocycles. The SMILES string of the molecule is CCN(c1ccc(N)c(C)c1)C(C)(C)N=S(=O)=O. The summed E-state index contributed by atoms with van der Waals surface area (Å²) in [4.78, 5) is 1.91. The zero-order valence-electron chi connectivity index (χ0n) is 11.1. The molecule has 0 atom stereocenters. The molecule has 100 valence electrons. The van der Waals surface area contributed by atoms with Crippen LogP contribution in [-0.2, 0) is 10.5 Å². The maximum Gasteiger partial charge on any atom is 0.313 e. The topological polar surface area (TPSA) is 75.8 Å². The smallest absolute Gasteiger partial charge is 0.313 e. The Bertz CT molecular complexity index is 557. The van der Waals surface area contributed by atoms with E-state index in [9.17, 15) is 8.42 Å². The summed E-state index contributed by atoms with van der Waals surface area (Å²) in [5.41, 5.74) is 7.55. The van der Waals surface area contributed by atoms with Crippen LogP contribution in [-0.4, -0.2) is 20.6 Å². The summed E-state index contributed by atoms with van der Waals surface area (Å²) in [7, 11) is -2.43. The highest BCUT2D eigenvalue weighted by atomic mass is 32.2. The van der Waals surface area contributed by atoms with E-state index in [1.165, 1.54) is 0 Å². The molecule has 0 aromatic heterocycles. The van der Waals surface area contributed by atoms with Gasteiger partial charge < -0.3 is 10.6 Å². The first-order chi connectivity index (χ1) is 8.27. The minimum absolute atomic E-state index is 0.650. The third-order valence-electron chi connectivity index (χ3n) is 2.84. The van der Waals surface area contributed by atoms with Crippen LogP contribution in [0.5, 0.6) is 0 Å². The zero-order chi connectivity index (χ0) is 13.9. The fourth-order valence-electron chi connectivity index (χ4n) is 1.94. The van der Waals surface area contributed by atoms with Crippen LogP contribution in [0.3, 0.4) is 0 Å². The Balaban J connectivity index is 3.25. The second kappa shape index (κ2) is 5.39. The number of hydrogen-bond donors (Lipinski definition) is 1. The van der Waals surface area contributed by atoms with Crippen molar-refractivity contribution in [2.24, 2.45) is 4.36 Å². The number of rotatable bonds is 4. The minimum Gasteiger partial charge on any atom is -0.399 e. The maximum atomic E-state index is 10.8. The number of nitrogens with two attached hydrogens (primary N) is 1. The lowest BCUT2D eigenvalue weighted by Crippen LogP contribution is -2.42. The Morgan fingerprint density at radius 2 is 2.00 bits per heavy atom. The molecule has 5 nitrogen and oxygen atoms in total. The van der Waals surface area contributed by atoms with Gasteiger partial charge in [-0.05, 0) is 51.5 Å². The molecule has 0 aliphatic rings. The van der Waals surface area contributed by atoms with Crippen molar-refractivity contribution in [2.45, 2.75) is 33.4 Å². The van der Waals surface area contributed by atoms with Crippen molar-refractivity contribution in [1.82, 2.24) is 0 Å². The third kappa shape index (κ3) is 3.22.